The molecule has 0 bridgehead atoms. The minimum absolute atomic E-state index is 0.0480. The summed E-state index contributed by atoms with van der Waals surface area (Å²) in [6, 6.07) is 9.61. The molecule has 3 rings (SSSR count). The van der Waals surface area contributed by atoms with Crippen molar-refractivity contribution in [1.82, 2.24) is 0 Å². The van der Waals surface area contributed by atoms with Gasteiger partial charge in [0.1, 0.15) is 0 Å². The molecular weight excluding hydrogens is 457 g/mol. The van der Waals surface area contributed by atoms with Crippen molar-refractivity contribution in [2.75, 3.05) is 11.9 Å². The molecule has 0 unspecified atom stereocenters. The molecule has 8 heteroatoms. The SMILES string of the molecule is Cc1cc2c(cc1C(F)(F)F)NC(=O)CC(c1cccc(C#CCO[Si](C)(C)C(C)(C)C)c1)=N2. The van der Waals surface area contributed by atoms with Gasteiger partial charge in [0.2, 0.25) is 5.91 Å². The van der Waals surface area contributed by atoms with E-state index in [4.69, 9.17) is 4.43 Å². The van der Waals surface area contributed by atoms with E-state index in [2.05, 4.69) is 56.0 Å². The molecule has 0 saturated carbocycles. The van der Waals surface area contributed by atoms with Gasteiger partial charge in [-0.15, -0.1) is 0 Å². The lowest BCUT2D eigenvalue weighted by molar-refractivity contribution is -0.138. The second-order valence-corrected chi connectivity index (χ2v) is 14.7. The van der Waals surface area contributed by atoms with Crippen LogP contribution in [0, 0.1) is 18.8 Å². The van der Waals surface area contributed by atoms with E-state index in [9.17, 15) is 18.0 Å². The fourth-order valence-electron chi connectivity index (χ4n) is 3.24. The molecule has 1 amide bonds. The first kappa shape index (κ1) is 25.7. The number of carbonyl (C=O) groups is 1. The van der Waals surface area contributed by atoms with Gasteiger partial charge in [-0.05, 0) is 60.4 Å². The van der Waals surface area contributed by atoms with Crippen LogP contribution < -0.4 is 5.32 Å². The standard InChI is InChI=1S/C26H29F3N2O2Si/c1-17-13-22-23(15-20(17)26(27,28)29)31-24(32)16-21(30-22)19-11-7-9-18(14-19)10-8-12-33-34(5,6)25(2,3)4/h7,9,11,13-15H,12,16H2,1-6H3,(H,31,32). The Morgan fingerprint density at radius 3 is 2.50 bits per heavy atom. The van der Waals surface area contributed by atoms with Crippen molar-refractivity contribution in [3.05, 3.63) is 58.7 Å². The molecule has 1 heterocycles. The molecule has 0 aliphatic carbocycles. The molecule has 0 saturated heterocycles. The first-order valence-electron chi connectivity index (χ1n) is 11.0. The van der Waals surface area contributed by atoms with Gasteiger partial charge in [0.05, 0.1) is 35.7 Å². The third kappa shape index (κ3) is 5.96. The number of hydrogen-bond donors (Lipinski definition) is 1. The molecule has 1 N–H and O–H groups in total. The van der Waals surface area contributed by atoms with Crippen LogP contribution in [0.2, 0.25) is 18.1 Å². The molecule has 0 atom stereocenters. The molecule has 34 heavy (non-hydrogen) atoms. The lowest BCUT2D eigenvalue weighted by atomic mass is 10.0. The number of carbonyl (C=O) groups excluding carboxylic acids is 1. The average molecular weight is 487 g/mol. The molecule has 1 aliphatic heterocycles. The van der Waals surface area contributed by atoms with Crippen LogP contribution in [-0.2, 0) is 15.4 Å². The summed E-state index contributed by atoms with van der Waals surface area (Å²) in [5.41, 5.74) is 1.51. The van der Waals surface area contributed by atoms with E-state index in [-0.39, 0.29) is 22.7 Å². The molecule has 0 fully saturated rings. The summed E-state index contributed by atoms with van der Waals surface area (Å²) >= 11 is 0. The summed E-state index contributed by atoms with van der Waals surface area (Å²) in [5, 5.41) is 2.65. The van der Waals surface area contributed by atoms with Crippen molar-refractivity contribution in [3.63, 3.8) is 0 Å². The fraction of sp³-hybridized carbons (Fsp3) is 0.385. The molecular formula is C26H29F3N2O2Si. The lowest BCUT2D eigenvalue weighted by Gasteiger charge is -2.35. The Kier molecular flexibility index (Phi) is 7.11. The fourth-order valence-corrected chi connectivity index (χ4v) is 4.10. The number of amides is 1. The summed E-state index contributed by atoms with van der Waals surface area (Å²) < 4.78 is 45.9. The van der Waals surface area contributed by atoms with Crippen molar-refractivity contribution in [2.45, 2.75) is 58.4 Å². The van der Waals surface area contributed by atoms with E-state index in [0.29, 0.717) is 23.6 Å². The second-order valence-electron chi connectivity index (χ2n) is 9.90. The Bertz CT molecular complexity index is 1200. The Hall–Kier alpha value is -2.89. The monoisotopic (exact) mass is 486 g/mol. The van der Waals surface area contributed by atoms with Crippen molar-refractivity contribution < 1.29 is 22.4 Å². The van der Waals surface area contributed by atoms with E-state index >= 15 is 0 Å². The lowest BCUT2D eigenvalue weighted by Crippen LogP contribution is -2.40. The number of aryl methyl sites for hydroxylation is 1. The smallest absolute Gasteiger partial charge is 0.406 e. The minimum atomic E-state index is -4.51. The number of nitrogens with one attached hydrogen (secondary N) is 1. The average Bonchev–Trinajstić information content (AvgIpc) is 2.87. The first-order chi connectivity index (χ1) is 15.7. The number of rotatable bonds is 3. The van der Waals surface area contributed by atoms with Gasteiger partial charge in [0, 0.05) is 5.56 Å². The number of anilines is 1. The van der Waals surface area contributed by atoms with Gasteiger partial charge in [-0.25, -0.2) is 0 Å². The third-order valence-corrected chi connectivity index (χ3v) is 10.7. The van der Waals surface area contributed by atoms with Gasteiger partial charge in [-0.1, -0.05) is 44.7 Å². The van der Waals surface area contributed by atoms with E-state index in [1.165, 1.54) is 13.0 Å². The van der Waals surface area contributed by atoms with Gasteiger partial charge < -0.3 is 9.74 Å². The highest BCUT2D eigenvalue weighted by molar-refractivity contribution is 6.74. The minimum Gasteiger partial charge on any atom is -0.406 e. The quantitative estimate of drug-likeness (QED) is 0.381. The summed E-state index contributed by atoms with van der Waals surface area (Å²) in [4.78, 5) is 17.0. The molecule has 4 nitrogen and oxygen atoms in total. The van der Waals surface area contributed by atoms with Crippen LogP contribution in [0.3, 0.4) is 0 Å². The molecule has 0 spiro atoms. The molecule has 180 valence electrons. The maximum absolute atomic E-state index is 13.3. The zero-order valence-electron chi connectivity index (χ0n) is 20.3. The van der Waals surface area contributed by atoms with Crippen LogP contribution in [0.1, 0.15) is 49.4 Å². The van der Waals surface area contributed by atoms with Crippen molar-refractivity contribution in [2.24, 2.45) is 4.99 Å². The number of benzene rings is 2. The summed E-state index contributed by atoms with van der Waals surface area (Å²) in [6.45, 7) is 12.6. The van der Waals surface area contributed by atoms with Crippen LogP contribution in [0.5, 0.6) is 0 Å². The second kappa shape index (κ2) is 9.39. The predicted molar refractivity (Wildman–Crippen MR) is 132 cm³/mol. The topological polar surface area (TPSA) is 50.7 Å². The number of fused-ring (bicyclic) bond motifs is 1. The highest BCUT2D eigenvalue weighted by atomic mass is 28.4. The maximum atomic E-state index is 13.3. The maximum Gasteiger partial charge on any atom is 0.416 e. The highest BCUT2D eigenvalue weighted by Crippen LogP contribution is 2.39. The summed E-state index contributed by atoms with van der Waals surface area (Å²) in [5.74, 6) is 5.73. The molecule has 0 aromatic heterocycles. The molecule has 1 aliphatic rings. The summed E-state index contributed by atoms with van der Waals surface area (Å²) in [7, 11) is -1.88. The third-order valence-electron chi connectivity index (χ3n) is 6.25. The van der Waals surface area contributed by atoms with E-state index in [1.807, 2.05) is 24.3 Å². The van der Waals surface area contributed by atoms with Crippen molar-refractivity contribution in [1.29, 1.82) is 0 Å². The van der Waals surface area contributed by atoms with Crippen LogP contribution in [-0.4, -0.2) is 26.5 Å². The van der Waals surface area contributed by atoms with E-state index < -0.39 is 26.0 Å². The van der Waals surface area contributed by atoms with E-state index in [1.54, 1.807) is 0 Å². The zero-order chi connectivity index (χ0) is 25.3. The van der Waals surface area contributed by atoms with Gasteiger partial charge in [-0.3, -0.25) is 9.79 Å². The number of aliphatic imine (C=N–C) groups is 1. The number of nitrogens with zero attached hydrogens (tertiary/aromatic N) is 1. The largest absolute Gasteiger partial charge is 0.416 e. The van der Waals surface area contributed by atoms with Crippen molar-refractivity contribution in [3.8, 4) is 11.8 Å². The Labute approximate surface area is 199 Å². The van der Waals surface area contributed by atoms with Gasteiger partial charge in [0.25, 0.3) is 0 Å². The van der Waals surface area contributed by atoms with Crippen LogP contribution in [0.25, 0.3) is 0 Å². The normalized spacial score (nSPS) is 14.4. The Balaban J connectivity index is 1.88. The van der Waals surface area contributed by atoms with Crippen LogP contribution in [0.4, 0.5) is 24.5 Å². The summed E-state index contributed by atoms with van der Waals surface area (Å²) in [6.07, 6.45) is -4.57. The van der Waals surface area contributed by atoms with Crippen LogP contribution >= 0.6 is 0 Å². The van der Waals surface area contributed by atoms with Gasteiger partial charge in [-0.2, -0.15) is 13.2 Å². The first-order valence-corrected chi connectivity index (χ1v) is 13.9. The molecule has 2 aromatic rings. The van der Waals surface area contributed by atoms with Gasteiger partial charge >= 0.3 is 6.18 Å². The molecule has 2 aromatic carbocycles. The van der Waals surface area contributed by atoms with Gasteiger partial charge in [0.15, 0.2) is 8.32 Å². The van der Waals surface area contributed by atoms with Crippen molar-refractivity contribution >= 4 is 31.3 Å². The number of alkyl halides is 3. The predicted octanol–water partition coefficient (Wildman–Crippen LogP) is 6.85. The Morgan fingerprint density at radius 1 is 1.15 bits per heavy atom. The van der Waals surface area contributed by atoms with Crippen LogP contribution in [0.15, 0.2) is 41.4 Å². The van der Waals surface area contributed by atoms with E-state index in [0.717, 1.165) is 11.6 Å². The number of halogens is 3. The molecule has 0 radical (unpaired) electrons. The number of hydrogen-bond acceptors (Lipinski definition) is 3. The zero-order valence-corrected chi connectivity index (χ0v) is 21.3. The highest BCUT2D eigenvalue weighted by Gasteiger charge is 2.37. The Morgan fingerprint density at radius 2 is 1.85 bits per heavy atom.